The molecule has 0 radical (unpaired) electrons. The highest BCUT2D eigenvalue weighted by molar-refractivity contribution is 5.73. The summed E-state index contributed by atoms with van der Waals surface area (Å²) in [7, 11) is 0. The van der Waals surface area contributed by atoms with Crippen LogP contribution in [0.1, 0.15) is 12.8 Å². The van der Waals surface area contributed by atoms with Crippen molar-refractivity contribution in [2.45, 2.75) is 25.1 Å². The number of nitrogens with one attached hydrogen (secondary N) is 1. The molecule has 0 aliphatic carbocycles. The summed E-state index contributed by atoms with van der Waals surface area (Å²) in [4.78, 5) is 17.9. The van der Waals surface area contributed by atoms with Gasteiger partial charge in [-0.15, -0.1) is 0 Å². The molecular weight excluding hydrogens is 441 g/mol. The van der Waals surface area contributed by atoms with Crippen LogP contribution in [0.4, 0.5) is 36.1 Å². The number of benzene rings is 1. The normalized spacial score (nSPS) is 18.8. The summed E-state index contributed by atoms with van der Waals surface area (Å²) in [6.45, 7) is 5.15. The van der Waals surface area contributed by atoms with Gasteiger partial charge in [0.1, 0.15) is 5.82 Å². The zero-order chi connectivity index (χ0) is 23.8. The Morgan fingerprint density at radius 3 is 2.33 bits per heavy atom. The van der Waals surface area contributed by atoms with Crippen molar-refractivity contribution >= 4 is 28.8 Å². The molecule has 2 aromatic rings. The van der Waals surface area contributed by atoms with Crippen LogP contribution in [0.2, 0.25) is 0 Å². The van der Waals surface area contributed by atoms with Gasteiger partial charge < -0.3 is 30.1 Å². The fraction of sp³-hybridized carbons (Fsp3) is 0.455. The number of hydrogen-bond donors (Lipinski definition) is 3. The van der Waals surface area contributed by atoms with Gasteiger partial charge in [-0.1, -0.05) is 0 Å². The molecule has 0 saturated carbocycles. The first-order valence-corrected chi connectivity index (χ1v) is 10.6. The second-order valence-corrected chi connectivity index (χ2v) is 7.72. The maximum Gasteiger partial charge on any atom is 0.490 e. The first-order chi connectivity index (χ1) is 15.7. The summed E-state index contributed by atoms with van der Waals surface area (Å²) >= 11 is 0. The number of carboxylic acids is 1. The molecule has 1 unspecified atom stereocenters. The Morgan fingerprint density at radius 2 is 1.73 bits per heavy atom. The zero-order valence-electron chi connectivity index (χ0n) is 18.0. The fourth-order valence-electron chi connectivity index (χ4n) is 3.60. The van der Waals surface area contributed by atoms with E-state index in [1.54, 1.807) is 0 Å². The molecule has 2 aliphatic heterocycles. The maximum atomic E-state index is 10.6. The summed E-state index contributed by atoms with van der Waals surface area (Å²) in [6, 6.07) is 12.5. The van der Waals surface area contributed by atoms with Crippen LogP contribution in [0.3, 0.4) is 0 Å². The van der Waals surface area contributed by atoms with Crippen molar-refractivity contribution < 1.29 is 32.9 Å². The van der Waals surface area contributed by atoms with E-state index < -0.39 is 12.1 Å². The molecule has 1 atom stereocenters. The van der Waals surface area contributed by atoms with Crippen molar-refractivity contribution in [3.8, 4) is 0 Å². The van der Waals surface area contributed by atoms with Crippen LogP contribution in [-0.2, 0) is 9.53 Å². The number of ether oxygens (including phenoxy) is 1. The van der Waals surface area contributed by atoms with Gasteiger partial charge >= 0.3 is 12.1 Å². The Hall–Kier alpha value is -3.05. The molecule has 2 fully saturated rings. The number of carbonyl (C=O) groups is 1. The summed E-state index contributed by atoms with van der Waals surface area (Å²) < 4.78 is 37.1. The molecule has 180 valence electrons. The molecule has 0 amide bonds. The maximum absolute atomic E-state index is 10.6. The topological polar surface area (TPSA) is 98.2 Å². The van der Waals surface area contributed by atoms with E-state index in [1.807, 2.05) is 18.3 Å². The molecule has 1 aromatic heterocycles. The summed E-state index contributed by atoms with van der Waals surface area (Å²) in [5.41, 5.74) is 3.35. The lowest BCUT2D eigenvalue weighted by molar-refractivity contribution is -0.192. The van der Waals surface area contributed by atoms with E-state index >= 15 is 0 Å². The first-order valence-electron chi connectivity index (χ1n) is 10.6. The number of morpholine rings is 1. The van der Waals surface area contributed by atoms with Gasteiger partial charge in [0.2, 0.25) is 0 Å². The van der Waals surface area contributed by atoms with Crippen LogP contribution in [0, 0.1) is 0 Å². The summed E-state index contributed by atoms with van der Waals surface area (Å²) in [5.74, 6) is -1.94. The molecule has 4 rings (SSSR count). The van der Waals surface area contributed by atoms with Crippen LogP contribution in [-0.4, -0.2) is 72.8 Å². The predicted molar refractivity (Wildman–Crippen MR) is 118 cm³/mol. The van der Waals surface area contributed by atoms with E-state index in [9.17, 15) is 18.3 Å². The summed E-state index contributed by atoms with van der Waals surface area (Å²) in [6.07, 6.45) is -1.58. The SMILES string of the molecule is O=C(O)C(F)(F)F.OC1CCCN(c2ccnc(Nc3ccc(N4CCOCC4)cc3)c2)C1. The lowest BCUT2D eigenvalue weighted by Gasteiger charge is -2.32. The predicted octanol–water partition coefficient (Wildman–Crippen LogP) is 3.26. The Morgan fingerprint density at radius 1 is 1.06 bits per heavy atom. The molecule has 8 nitrogen and oxygen atoms in total. The van der Waals surface area contributed by atoms with E-state index in [-0.39, 0.29) is 6.10 Å². The average molecular weight is 468 g/mol. The van der Waals surface area contributed by atoms with Crippen LogP contribution >= 0.6 is 0 Å². The van der Waals surface area contributed by atoms with Crippen molar-refractivity contribution in [2.24, 2.45) is 0 Å². The standard InChI is InChI=1S/C20H26N4O2.C2HF3O2/c25-19-2-1-9-24(15-19)18-7-8-21-20(14-18)22-16-3-5-17(6-4-16)23-10-12-26-13-11-23;3-2(4,5)1(6)7/h3-8,14,19,25H,1-2,9-13,15H2,(H,21,22);(H,6,7). The van der Waals surface area contributed by atoms with Gasteiger partial charge in [-0.05, 0) is 43.2 Å². The number of pyridine rings is 1. The monoisotopic (exact) mass is 468 g/mol. The number of anilines is 4. The smallest absolute Gasteiger partial charge is 0.475 e. The number of carboxylic acid groups (broad SMARTS) is 1. The third-order valence-corrected chi connectivity index (χ3v) is 5.26. The minimum absolute atomic E-state index is 0.235. The first kappa shape index (κ1) is 24.6. The molecular formula is C22H27F3N4O4. The molecule has 0 bridgehead atoms. The lowest BCUT2D eigenvalue weighted by atomic mass is 10.1. The van der Waals surface area contributed by atoms with Gasteiger partial charge in [0, 0.05) is 55.5 Å². The molecule has 1 aromatic carbocycles. The van der Waals surface area contributed by atoms with Crippen molar-refractivity contribution in [2.75, 3.05) is 54.5 Å². The molecule has 2 saturated heterocycles. The molecule has 2 aliphatic rings. The Balaban J connectivity index is 0.000000383. The van der Waals surface area contributed by atoms with Gasteiger partial charge in [0.15, 0.2) is 0 Å². The Kier molecular flexibility index (Phi) is 8.34. The van der Waals surface area contributed by atoms with E-state index in [1.165, 1.54) is 5.69 Å². The number of aliphatic carboxylic acids is 1. The van der Waals surface area contributed by atoms with Gasteiger partial charge in [0.25, 0.3) is 0 Å². The molecule has 11 heteroatoms. The lowest BCUT2D eigenvalue weighted by Crippen LogP contribution is -2.38. The fourth-order valence-corrected chi connectivity index (χ4v) is 3.60. The number of aromatic nitrogens is 1. The average Bonchev–Trinajstić information content (AvgIpc) is 2.80. The number of rotatable bonds is 4. The molecule has 3 N–H and O–H groups in total. The quantitative estimate of drug-likeness (QED) is 0.629. The number of β-amino-alcohol motifs (C(OH)–C–C–N with tert-alkyl or cyclic N) is 1. The van der Waals surface area contributed by atoms with Crippen LogP contribution < -0.4 is 15.1 Å². The van der Waals surface area contributed by atoms with Crippen molar-refractivity contribution in [1.29, 1.82) is 0 Å². The van der Waals surface area contributed by atoms with E-state index in [0.717, 1.165) is 62.9 Å². The number of aliphatic hydroxyl groups excluding tert-OH is 1. The van der Waals surface area contributed by atoms with Gasteiger partial charge in [-0.25, -0.2) is 9.78 Å². The molecule has 33 heavy (non-hydrogen) atoms. The number of aliphatic hydroxyl groups is 1. The minimum Gasteiger partial charge on any atom is -0.475 e. The third kappa shape index (κ3) is 7.50. The molecule has 0 spiro atoms. The Bertz CT molecular complexity index is 905. The number of piperidine rings is 1. The van der Waals surface area contributed by atoms with Crippen molar-refractivity contribution in [1.82, 2.24) is 4.98 Å². The highest BCUT2D eigenvalue weighted by Gasteiger charge is 2.38. The number of halogens is 3. The van der Waals surface area contributed by atoms with E-state index in [0.29, 0.717) is 6.54 Å². The number of nitrogens with zero attached hydrogens (tertiary/aromatic N) is 3. The van der Waals surface area contributed by atoms with Gasteiger partial charge in [-0.3, -0.25) is 0 Å². The second kappa shape index (κ2) is 11.2. The van der Waals surface area contributed by atoms with E-state index in [4.69, 9.17) is 14.6 Å². The van der Waals surface area contributed by atoms with E-state index in [2.05, 4.69) is 44.4 Å². The highest BCUT2D eigenvalue weighted by atomic mass is 19.4. The van der Waals surface area contributed by atoms with Gasteiger partial charge in [-0.2, -0.15) is 13.2 Å². The van der Waals surface area contributed by atoms with Crippen LogP contribution in [0.5, 0.6) is 0 Å². The zero-order valence-corrected chi connectivity index (χ0v) is 18.0. The minimum atomic E-state index is -5.08. The van der Waals surface area contributed by atoms with Gasteiger partial charge in [0.05, 0.1) is 19.3 Å². The number of hydrogen-bond acceptors (Lipinski definition) is 7. The highest BCUT2D eigenvalue weighted by Crippen LogP contribution is 2.25. The van der Waals surface area contributed by atoms with Crippen molar-refractivity contribution in [3.63, 3.8) is 0 Å². The third-order valence-electron chi connectivity index (χ3n) is 5.26. The number of alkyl halides is 3. The van der Waals surface area contributed by atoms with Crippen LogP contribution in [0.25, 0.3) is 0 Å². The van der Waals surface area contributed by atoms with Crippen LogP contribution in [0.15, 0.2) is 42.6 Å². The molecule has 3 heterocycles. The van der Waals surface area contributed by atoms with Crippen molar-refractivity contribution in [3.05, 3.63) is 42.6 Å². The summed E-state index contributed by atoms with van der Waals surface area (Å²) in [5, 5.41) is 20.4. The Labute approximate surface area is 189 Å². The second-order valence-electron chi connectivity index (χ2n) is 7.72. The largest absolute Gasteiger partial charge is 0.490 e.